The minimum Gasteiger partial charge on any atom is -0.322 e. The minimum atomic E-state index is -0.295. The van der Waals surface area contributed by atoms with Gasteiger partial charge < -0.3 is 10.6 Å². The van der Waals surface area contributed by atoms with Gasteiger partial charge in [-0.3, -0.25) is 14.4 Å². The van der Waals surface area contributed by atoms with E-state index in [0.717, 1.165) is 11.1 Å². The Morgan fingerprint density at radius 1 is 0.500 bits per heavy atom. The van der Waals surface area contributed by atoms with Crippen LogP contribution in [0.2, 0.25) is 0 Å². The van der Waals surface area contributed by atoms with Gasteiger partial charge in [0.2, 0.25) is 11.8 Å². The van der Waals surface area contributed by atoms with Crippen molar-refractivity contribution in [2.45, 2.75) is 0 Å². The summed E-state index contributed by atoms with van der Waals surface area (Å²) in [6.07, 6.45) is 6.34. The first-order valence-electron chi connectivity index (χ1n) is 11.4. The molecule has 0 heterocycles. The summed E-state index contributed by atoms with van der Waals surface area (Å²) in [6, 6.07) is 32.5. The lowest BCUT2D eigenvalue weighted by Gasteiger charge is -2.08. The van der Waals surface area contributed by atoms with Crippen molar-refractivity contribution in [3.63, 3.8) is 0 Å². The second-order valence-corrected chi connectivity index (χ2v) is 7.96. The fraction of sp³-hybridized carbons (Fsp3) is 0. The van der Waals surface area contributed by atoms with Gasteiger partial charge in [0.15, 0.2) is 5.78 Å². The zero-order valence-corrected chi connectivity index (χ0v) is 19.4. The van der Waals surface area contributed by atoms with Crippen LogP contribution in [0.5, 0.6) is 0 Å². The largest absolute Gasteiger partial charge is 0.322 e. The molecule has 0 aliphatic rings. The Morgan fingerprint density at radius 2 is 0.917 bits per heavy atom. The molecule has 0 bridgehead atoms. The predicted molar refractivity (Wildman–Crippen MR) is 145 cm³/mol. The number of amides is 2. The van der Waals surface area contributed by atoms with Gasteiger partial charge in [0, 0.05) is 34.7 Å². The molecule has 0 radical (unpaired) electrons. The molecular formula is C31H24N2O3. The Labute approximate surface area is 209 Å². The lowest BCUT2D eigenvalue weighted by molar-refractivity contribution is -0.112. The lowest BCUT2D eigenvalue weighted by atomic mass is 10.0. The van der Waals surface area contributed by atoms with Gasteiger partial charge in [0.05, 0.1) is 0 Å². The molecule has 36 heavy (non-hydrogen) atoms. The molecule has 0 spiro atoms. The van der Waals surface area contributed by atoms with E-state index >= 15 is 0 Å². The molecule has 4 aromatic carbocycles. The van der Waals surface area contributed by atoms with Crippen LogP contribution in [0.3, 0.4) is 0 Å². The standard InChI is InChI=1S/C31H24N2O3/c34-29(19-17-23-9-3-1-4-10-23)32-27-15-7-13-25(21-27)31(36)26-14-8-16-28(22-26)33-30(35)20-18-24-11-5-2-6-12-24/h1-22H,(H,32,34)(H,33,35). The highest BCUT2D eigenvalue weighted by atomic mass is 16.2. The van der Waals surface area contributed by atoms with Gasteiger partial charge in [0.25, 0.3) is 0 Å². The van der Waals surface area contributed by atoms with Crippen molar-refractivity contribution in [1.82, 2.24) is 0 Å². The van der Waals surface area contributed by atoms with E-state index in [1.807, 2.05) is 60.7 Å². The number of rotatable bonds is 8. The van der Waals surface area contributed by atoms with E-state index in [1.54, 1.807) is 60.7 Å². The fourth-order valence-electron chi connectivity index (χ4n) is 3.48. The summed E-state index contributed by atoms with van der Waals surface area (Å²) in [5.74, 6) is -0.810. The van der Waals surface area contributed by atoms with Crippen LogP contribution in [0, 0.1) is 0 Å². The average Bonchev–Trinajstić information content (AvgIpc) is 2.92. The predicted octanol–water partition coefficient (Wildman–Crippen LogP) is 6.22. The van der Waals surface area contributed by atoms with E-state index in [0.29, 0.717) is 22.5 Å². The lowest BCUT2D eigenvalue weighted by Crippen LogP contribution is -2.10. The van der Waals surface area contributed by atoms with Crippen molar-refractivity contribution in [3.8, 4) is 0 Å². The van der Waals surface area contributed by atoms with Crippen molar-refractivity contribution in [2.24, 2.45) is 0 Å². The first-order valence-corrected chi connectivity index (χ1v) is 11.4. The number of ketones is 1. The van der Waals surface area contributed by atoms with Gasteiger partial charge in [0.1, 0.15) is 0 Å². The van der Waals surface area contributed by atoms with Gasteiger partial charge in [-0.15, -0.1) is 0 Å². The van der Waals surface area contributed by atoms with Crippen LogP contribution in [0.1, 0.15) is 27.0 Å². The molecule has 0 atom stereocenters. The van der Waals surface area contributed by atoms with Gasteiger partial charge in [-0.1, -0.05) is 84.9 Å². The van der Waals surface area contributed by atoms with Crippen LogP contribution < -0.4 is 10.6 Å². The number of nitrogens with one attached hydrogen (secondary N) is 2. The maximum atomic E-state index is 13.1. The molecule has 176 valence electrons. The Balaban J connectivity index is 1.41. The topological polar surface area (TPSA) is 75.3 Å². The van der Waals surface area contributed by atoms with Crippen LogP contribution in [-0.2, 0) is 9.59 Å². The summed E-state index contributed by atoms with van der Waals surface area (Å²) in [7, 11) is 0. The molecule has 0 aliphatic carbocycles. The molecule has 5 heteroatoms. The van der Waals surface area contributed by atoms with Crippen LogP contribution in [0.15, 0.2) is 121 Å². The third-order valence-corrected chi connectivity index (χ3v) is 5.24. The molecule has 0 aliphatic heterocycles. The van der Waals surface area contributed by atoms with E-state index in [1.165, 1.54) is 12.2 Å². The summed E-state index contributed by atoms with van der Waals surface area (Å²) < 4.78 is 0. The van der Waals surface area contributed by atoms with Gasteiger partial charge in [-0.05, 0) is 47.5 Å². The highest BCUT2D eigenvalue weighted by Crippen LogP contribution is 2.18. The number of carbonyl (C=O) groups is 3. The van der Waals surface area contributed by atoms with Crippen molar-refractivity contribution >= 4 is 41.1 Å². The maximum Gasteiger partial charge on any atom is 0.248 e. The fourth-order valence-corrected chi connectivity index (χ4v) is 3.48. The summed E-state index contributed by atoms with van der Waals surface area (Å²) >= 11 is 0. The zero-order chi connectivity index (χ0) is 25.2. The number of carbonyl (C=O) groups excluding carboxylic acids is 3. The maximum absolute atomic E-state index is 13.1. The molecule has 0 fully saturated rings. The molecule has 0 saturated carbocycles. The summed E-state index contributed by atoms with van der Waals surface area (Å²) in [5, 5.41) is 5.56. The molecule has 4 rings (SSSR count). The van der Waals surface area contributed by atoms with Crippen molar-refractivity contribution in [3.05, 3.63) is 144 Å². The van der Waals surface area contributed by atoms with Gasteiger partial charge in [-0.25, -0.2) is 0 Å². The average molecular weight is 473 g/mol. The first kappa shape index (κ1) is 24.1. The third kappa shape index (κ3) is 6.98. The first-order chi connectivity index (χ1) is 17.6. The Bertz CT molecular complexity index is 1320. The summed E-state index contributed by atoms with van der Waals surface area (Å²) in [4.78, 5) is 37.7. The molecule has 2 N–H and O–H groups in total. The SMILES string of the molecule is O=C(C=Cc1ccccc1)Nc1cccc(C(=O)c2cccc(NC(=O)C=Cc3ccccc3)c2)c1. The van der Waals surface area contributed by atoms with Crippen LogP contribution in [-0.4, -0.2) is 17.6 Å². The van der Waals surface area contributed by atoms with E-state index in [9.17, 15) is 14.4 Å². The van der Waals surface area contributed by atoms with Crippen molar-refractivity contribution in [1.29, 1.82) is 0 Å². The Morgan fingerprint density at radius 3 is 1.33 bits per heavy atom. The zero-order valence-electron chi connectivity index (χ0n) is 19.4. The van der Waals surface area contributed by atoms with E-state index < -0.39 is 0 Å². The van der Waals surface area contributed by atoms with Crippen LogP contribution in [0.4, 0.5) is 11.4 Å². The highest BCUT2D eigenvalue weighted by molar-refractivity contribution is 6.11. The molecule has 0 aromatic heterocycles. The highest BCUT2D eigenvalue weighted by Gasteiger charge is 2.11. The summed E-state index contributed by atoms with van der Waals surface area (Å²) in [6.45, 7) is 0. The summed E-state index contributed by atoms with van der Waals surface area (Å²) in [5.41, 5.74) is 3.70. The van der Waals surface area contributed by atoms with E-state index in [2.05, 4.69) is 10.6 Å². The second-order valence-electron chi connectivity index (χ2n) is 7.96. The number of benzene rings is 4. The van der Waals surface area contributed by atoms with Crippen LogP contribution >= 0.6 is 0 Å². The molecule has 0 unspecified atom stereocenters. The van der Waals surface area contributed by atoms with E-state index in [-0.39, 0.29) is 17.6 Å². The molecular weight excluding hydrogens is 448 g/mol. The number of hydrogen-bond donors (Lipinski definition) is 2. The Kier molecular flexibility index (Phi) is 7.97. The van der Waals surface area contributed by atoms with Crippen molar-refractivity contribution < 1.29 is 14.4 Å². The number of hydrogen-bond acceptors (Lipinski definition) is 3. The quantitative estimate of drug-likeness (QED) is 0.236. The monoisotopic (exact) mass is 472 g/mol. The second kappa shape index (κ2) is 11.9. The Hall–Kier alpha value is -5.03. The minimum absolute atomic E-state index is 0.221. The molecule has 5 nitrogen and oxygen atoms in total. The normalized spacial score (nSPS) is 10.9. The molecule has 2 amide bonds. The molecule has 0 saturated heterocycles. The third-order valence-electron chi connectivity index (χ3n) is 5.24. The van der Waals surface area contributed by atoms with Gasteiger partial charge >= 0.3 is 0 Å². The molecule has 4 aromatic rings. The van der Waals surface area contributed by atoms with Gasteiger partial charge in [-0.2, -0.15) is 0 Å². The van der Waals surface area contributed by atoms with Crippen LogP contribution in [0.25, 0.3) is 12.2 Å². The smallest absolute Gasteiger partial charge is 0.248 e. The van der Waals surface area contributed by atoms with Crippen molar-refractivity contribution in [2.75, 3.05) is 10.6 Å². The number of anilines is 2. The van der Waals surface area contributed by atoms with E-state index in [4.69, 9.17) is 0 Å².